The molecule has 7 heteroatoms. The summed E-state index contributed by atoms with van der Waals surface area (Å²) in [5.74, 6) is 0.935. The molecular weight excluding hydrogens is 286 g/mol. The number of rotatable bonds is 6. The molecule has 2 aromatic rings. The van der Waals surface area contributed by atoms with Gasteiger partial charge in [-0.15, -0.1) is 22.7 Å². The Balaban J connectivity index is 2.34. The third kappa shape index (κ3) is 3.03. The van der Waals surface area contributed by atoms with Crippen LogP contribution in [0.5, 0.6) is 0 Å². The van der Waals surface area contributed by atoms with Crippen LogP contribution < -0.4 is 5.32 Å². The van der Waals surface area contributed by atoms with Crippen LogP contribution in [0.1, 0.15) is 10.7 Å². The first-order valence-electron chi connectivity index (χ1n) is 5.38. The predicted octanol–water partition coefficient (Wildman–Crippen LogP) is 3.32. The molecule has 0 aliphatic heterocycles. The number of methoxy groups -OCH3 is 1. The van der Waals surface area contributed by atoms with Crippen LogP contribution in [-0.2, 0) is 17.1 Å². The van der Waals surface area contributed by atoms with E-state index in [-0.39, 0.29) is 0 Å². The smallest absolute Gasteiger partial charge is 0.182 e. The lowest BCUT2D eigenvalue weighted by Crippen LogP contribution is -1.91. The summed E-state index contributed by atoms with van der Waals surface area (Å²) in [5, 5.41) is 7.17. The number of ether oxygens (including phenoxy) is 1. The normalized spacial score (nSPS) is 10.8. The predicted molar refractivity (Wildman–Crippen MR) is 80.7 cm³/mol. The number of nitrogens with zero attached hydrogens (tertiary/aromatic N) is 2. The molecule has 0 saturated heterocycles. The van der Waals surface area contributed by atoms with Crippen LogP contribution in [0.15, 0.2) is 5.38 Å². The molecule has 0 aliphatic carbocycles. The van der Waals surface area contributed by atoms with Gasteiger partial charge in [0.15, 0.2) is 5.13 Å². The molecular formula is C11H15N3OS3. The van der Waals surface area contributed by atoms with Gasteiger partial charge in [0.1, 0.15) is 5.01 Å². The maximum absolute atomic E-state index is 5.21. The van der Waals surface area contributed by atoms with Crippen molar-refractivity contribution in [2.45, 2.75) is 12.4 Å². The lowest BCUT2D eigenvalue weighted by molar-refractivity contribution is 0.182. The van der Waals surface area contributed by atoms with E-state index in [1.807, 2.05) is 7.05 Å². The van der Waals surface area contributed by atoms with E-state index in [1.54, 1.807) is 41.5 Å². The lowest BCUT2D eigenvalue weighted by atomic mass is 10.3. The Morgan fingerprint density at radius 1 is 1.44 bits per heavy atom. The zero-order chi connectivity index (χ0) is 13.0. The SMILES string of the molecule is CNc1nc(-c2sc(CSC)nc2COC)cs1. The molecule has 0 radical (unpaired) electrons. The summed E-state index contributed by atoms with van der Waals surface area (Å²) < 4.78 is 5.21. The quantitative estimate of drug-likeness (QED) is 0.887. The molecule has 1 N–H and O–H groups in total. The van der Waals surface area contributed by atoms with Crippen molar-refractivity contribution in [3.63, 3.8) is 0 Å². The first-order chi connectivity index (χ1) is 8.78. The fourth-order valence-electron chi connectivity index (χ4n) is 1.51. The van der Waals surface area contributed by atoms with Gasteiger partial charge >= 0.3 is 0 Å². The Labute approximate surface area is 119 Å². The second kappa shape index (κ2) is 6.51. The number of aromatic nitrogens is 2. The highest BCUT2D eigenvalue weighted by atomic mass is 32.2. The van der Waals surface area contributed by atoms with E-state index in [9.17, 15) is 0 Å². The van der Waals surface area contributed by atoms with Crippen LogP contribution in [0.4, 0.5) is 5.13 Å². The van der Waals surface area contributed by atoms with E-state index >= 15 is 0 Å². The van der Waals surface area contributed by atoms with Crippen molar-refractivity contribution in [2.75, 3.05) is 25.7 Å². The highest BCUT2D eigenvalue weighted by Crippen LogP contribution is 2.34. The van der Waals surface area contributed by atoms with Crippen molar-refractivity contribution in [3.8, 4) is 10.6 Å². The number of hydrogen-bond acceptors (Lipinski definition) is 7. The molecule has 0 bridgehead atoms. The zero-order valence-corrected chi connectivity index (χ0v) is 13.0. The van der Waals surface area contributed by atoms with Gasteiger partial charge < -0.3 is 10.1 Å². The lowest BCUT2D eigenvalue weighted by Gasteiger charge is -1.97. The summed E-state index contributed by atoms with van der Waals surface area (Å²) in [5.41, 5.74) is 1.97. The molecule has 2 rings (SSSR count). The fraction of sp³-hybridized carbons (Fsp3) is 0.455. The highest BCUT2D eigenvalue weighted by molar-refractivity contribution is 7.97. The maximum Gasteiger partial charge on any atom is 0.182 e. The maximum atomic E-state index is 5.21. The van der Waals surface area contributed by atoms with Gasteiger partial charge in [-0.05, 0) is 6.26 Å². The van der Waals surface area contributed by atoms with E-state index in [2.05, 4.69) is 26.9 Å². The summed E-state index contributed by atoms with van der Waals surface area (Å²) in [6.07, 6.45) is 2.08. The second-order valence-electron chi connectivity index (χ2n) is 3.54. The van der Waals surface area contributed by atoms with Crippen LogP contribution in [0.3, 0.4) is 0 Å². The number of thiazole rings is 2. The van der Waals surface area contributed by atoms with Crippen molar-refractivity contribution in [2.24, 2.45) is 0 Å². The molecule has 0 saturated carbocycles. The molecule has 98 valence electrons. The standard InChI is InChI=1S/C11H15N3OS3/c1-12-11-14-8(5-17-11)10-7(4-15-2)13-9(18-10)6-16-3/h5H,4,6H2,1-3H3,(H,12,14). The monoisotopic (exact) mass is 301 g/mol. The van der Waals surface area contributed by atoms with Crippen LogP contribution in [0.2, 0.25) is 0 Å². The first kappa shape index (κ1) is 13.8. The summed E-state index contributed by atoms with van der Waals surface area (Å²) >= 11 is 5.09. The van der Waals surface area contributed by atoms with E-state index in [0.717, 1.165) is 32.2 Å². The van der Waals surface area contributed by atoms with Gasteiger partial charge in [-0.3, -0.25) is 0 Å². The van der Waals surface area contributed by atoms with Crippen LogP contribution in [0.25, 0.3) is 10.6 Å². The zero-order valence-electron chi connectivity index (χ0n) is 10.5. The first-order valence-corrected chi connectivity index (χ1v) is 8.47. The molecule has 0 amide bonds. The van der Waals surface area contributed by atoms with Gasteiger partial charge in [0, 0.05) is 25.3 Å². The summed E-state index contributed by atoms with van der Waals surface area (Å²) in [6, 6.07) is 0. The van der Waals surface area contributed by atoms with E-state index in [1.165, 1.54) is 0 Å². The molecule has 0 aliphatic rings. The van der Waals surface area contributed by atoms with Crippen molar-refractivity contribution in [3.05, 3.63) is 16.1 Å². The fourth-order valence-corrected chi connectivity index (χ4v) is 3.97. The Morgan fingerprint density at radius 2 is 2.28 bits per heavy atom. The summed E-state index contributed by atoms with van der Waals surface area (Å²) in [4.78, 5) is 10.3. The molecule has 18 heavy (non-hydrogen) atoms. The molecule has 0 unspecified atom stereocenters. The second-order valence-corrected chi connectivity index (χ2v) is 6.35. The van der Waals surface area contributed by atoms with Crippen molar-refractivity contribution in [1.82, 2.24) is 9.97 Å². The largest absolute Gasteiger partial charge is 0.378 e. The number of anilines is 1. The Morgan fingerprint density at radius 3 is 2.89 bits per heavy atom. The van der Waals surface area contributed by atoms with Gasteiger partial charge in [0.2, 0.25) is 0 Å². The third-order valence-electron chi connectivity index (χ3n) is 2.24. The minimum atomic E-state index is 0.534. The molecule has 0 atom stereocenters. The van der Waals surface area contributed by atoms with Crippen LogP contribution in [0, 0.1) is 0 Å². The molecule has 0 aromatic carbocycles. The minimum absolute atomic E-state index is 0.534. The minimum Gasteiger partial charge on any atom is -0.378 e. The van der Waals surface area contributed by atoms with Gasteiger partial charge in [0.25, 0.3) is 0 Å². The van der Waals surface area contributed by atoms with Gasteiger partial charge in [-0.2, -0.15) is 11.8 Å². The van der Waals surface area contributed by atoms with Gasteiger partial charge in [-0.1, -0.05) is 0 Å². The number of nitrogens with one attached hydrogen (secondary N) is 1. The molecule has 0 spiro atoms. The topological polar surface area (TPSA) is 47.0 Å². The number of thioether (sulfide) groups is 1. The van der Waals surface area contributed by atoms with Crippen LogP contribution >= 0.6 is 34.4 Å². The molecule has 2 heterocycles. The van der Waals surface area contributed by atoms with E-state index in [4.69, 9.17) is 4.74 Å². The van der Waals surface area contributed by atoms with Gasteiger partial charge in [-0.25, -0.2) is 9.97 Å². The Bertz CT molecular complexity index is 509. The van der Waals surface area contributed by atoms with Gasteiger partial charge in [0.05, 0.1) is 22.9 Å². The van der Waals surface area contributed by atoms with E-state index in [0.29, 0.717) is 6.61 Å². The van der Waals surface area contributed by atoms with Crippen molar-refractivity contribution >= 4 is 39.6 Å². The van der Waals surface area contributed by atoms with Crippen molar-refractivity contribution in [1.29, 1.82) is 0 Å². The number of hydrogen-bond donors (Lipinski definition) is 1. The highest BCUT2D eigenvalue weighted by Gasteiger charge is 2.15. The summed E-state index contributed by atoms with van der Waals surface area (Å²) in [7, 11) is 3.57. The average Bonchev–Trinajstić information content (AvgIpc) is 2.96. The Kier molecular flexibility index (Phi) is 4.99. The van der Waals surface area contributed by atoms with E-state index < -0.39 is 0 Å². The summed E-state index contributed by atoms with van der Waals surface area (Å²) in [6.45, 7) is 0.534. The van der Waals surface area contributed by atoms with Crippen LogP contribution in [-0.4, -0.2) is 30.4 Å². The van der Waals surface area contributed by atoms with Crippen molar-refractivity contribution < 1.29 is 4.74 Å². The third-order valence-corrected chi connectivity index (χ3v) is 4.97. The Hall–Kier alpha value is -0.630. The molecule has 4 nitrogen and oxygen atoms in total. The molecule has 2 aromatic heterocycles. The average molecular weight is 301 g/mol. The molecule has 0 fully saturated rings.